The van der Waals surface area contributed by atoms with Gasteiger partial charge in [0.05, 0.1) is 10.6 Å². The number of benzene rings is 1. The second kappa shape index (κ2) is 7.13. The SMILES string of the molecule is Cc1nc([C@@]2(O)CCCNCC2)sc1COc1ccc(F)c(F)c1. The van der Waals surface area contributed by atoms with Crippen LogP contribution in [0.15, 0.2) is 18.2 Å². The molecule has 0 unspecified atom stereocenters. The molecule has 1 aromatic carbocycles. The third-order valence-corrected chi connectivity index (χ3v) is 5.54. The molecule has 0 amide bonds. The Morgan fingerprint density at radius 2 is 2.12 bits per heavy atom. The van der Waals surface area contributed by atoms with Crippen LogP contribution in [0.3, 0.4) is 0 Å². The quantitative estimate of drug-likeness (QED) is 0.885. The fourth-order valence-electron chi connectivity index (χ4n) is 2.74. The smallest absolute Gasteiger partial charge is 0.162 e. The molecule has 130 valence electrons. The molecular weight excluding hydrogens is 334 g/mol. The summed E-state index contributed by atoms with van der Waals surface area (Å²) in [5.41, 5.74) is -0.109. The minimum absolute atomic E-state index is 0.211. The molecule has 1 atom stereocenters. The van der Waals surface area contributed by atoms with Crippen LogP contribution >= 0.6 is 11.3 Å². The Morgan fingerprint density at radius 1 is 1.29 bits per heavy atom. The summed E-state index contributed by atoms with van der Waals surface area (Å²) in [5, 5.41) is 14.9. The van der Waals surface area contributed by atoms with Gasteiger partial charge in [-0.2, -0.15) is 0 Å². The highest BCUT2D eigenvalue weighted by molar-refractivity contribution is 7.11. The number of ether oxygens (including phenoxy) is 1. The molecule has 2 heterocycles. The zero-order chi connectivity index (χ0) is 17.2. The van der Waals surface area contributed by atoms with E-state index in [1.54, 1.807) is 0 Å². The van der Waals surface area contributed by atoms with Crippen LogP contribution in [0.25, 0.3) is 0 Å². The molecule has 2 N–H and O–H groups in total. The molecule has 1 aromatic heterocycles. The average molecular weight is 354 g/mol. The maximum atomic E-state index is 13.2. The van der Waals surface area contributed by atoms with E-state index in [0.717, 1.165) is 42.2 Å². The van der Waals surface area contributed by atoms with E-state index >= 15 is 0 Å². The van der Waals surface area contributed by atoms with Crippen molar-refractivity contribution < 1.29 is 18.6 Å². The number of aryl methyl sites for hydroxylation is 1. The summed E-state index contributed by atoms with van der Waals surface area (Å²) in [5.74, 6) is -1.57. The molecule has 7 heteroatoms. The van der Waals surface area contributed by atoms with Crippen LogP contribution in [0, 0.1) is 18.6 Å². The number of halogens is 2. The Morgan fingerprint density at radius 3 is 2.92 bits per heavy atom. The number of nitrogens with one attached hydrogen (secondary N) is 1. The first kappa shape index (κ1) is 17.3. The minimum Gasteiger partial charge on any atom is -0.488 e. The molecule has 0 saturated carbocycles. The molecule has 24 heavy (non-hydrogen) atoms. The van der Waals surface area contributed by atoms with Gasteiger partial charge in [0.25, 0.3) is 0 Å². The molecule has 1 fully saturated rings. The Kier molecular flexibility index (Phi) is 5.12. The Labute approximate surface area is 143 Å². The number of thiazole rings is 1. The summed E-state index contributed by atoms with van der Waals surface area (Å²) >= 11 is 1.42. The van der Waals surface area contributed by atoms with Crippen LogP contribution in [0.4, 0.5) is 8.78 Å². The molecular formula is C17H20F2N2O2S. The van der Waals surface area contributed by atoms with Gasteiger partial charge in [-0.05, 0) is 51.4 Å². The van der Waals surface area contributed by atoms with Gasteiger partial charge in [0.1, 0.15) is 23.0 Å². The van der Waals surface area contributed by atoms with E-state index in [2.05, 4.69) is 10.3 Å². The van der Waals surface area contributed by atoms with E-state index in [9.17, 15) is 13.9 Å². The van der Waals surface area contributed by atoms with E-state index in [1.807, 2.05) is 6.92 Å². The summed E-state index contributed by atoms with van der Waals surface area (Å²) in [6, 6.07) is 3.45. The summed E-state index contributed by atoms with van der Waals surface area (Å²) in [6.45, 7) is 3.74. The maximum Gasteiger partial charge on any atom is 0.162 e. The van der Waals surface area contributed by atoms with E-state index in [-0.39, 0.29) is 12.4 Å². The molecule has 1 saturated heterocycles. The lowest BCUT2D eigenvalue weighted by molar-refractivity contribution is 0.0237. The topological polar surface area (TPSA) is 54.4 Å². The molecule has 4 nitrogen and oxygen atoms in total. The summed E-state index contributed by atoms with van der Waals surface area (Å²) in [4.78, 5) is 5.39. The number of hydrogen-bond donors (Lipinski definition) is 2. The van der Waals surface area contributed by atoms with Gasteiger partial charge in [-0.3, -0.25) is 0 Å². The molecule has 0 radical (unpaired) electrons. The first-order valence-corrected chi connectivity index (χ1v) is 8.77. The van der Waals surface area contributed by atoms with E-state index in [1.165, 1.54) is 17.4 Å². The van der Waals surface area contributed by atoms with Gasteiger partial charge < -0.3 is 15.2 Å². The van der Waals surface area contributed by atoms with Gasteiger partial charge >= 0.3 is 0 Å². The monoisotopic (exact) mass is 354 g/mol. The van der Waals surface area contributed by atoms with Crippen LogP contribution in [0.2, 0.25) is 0 Å². The van der Waals surface area contributed by atoms with Crippen molar-refractivity contribution in [3.05, 3.63) is 45.4 Å². The summed E-state index contributed by atoms with van der Waals surface area (Å²) < 4.78 is 31.7. The second-order valence-corrected chi connectivity index (χ2v) is 7.11. The second-order valence-electron chi connectivity index (χ2n) is 6.03. The fraction of sp³-hybridized carbons (Fsp3) is 0.471. The minimum atomic E-state index is -0.936. The Hall–Kier alpha value is -1.57. The van der Waals surface area contributed by atoms with Gasteiger partial charge in [-0.1, -0.05) is 0 Å². The lowest BCUT2D eigenvalue weighted by atomic mass is 9.96. The van der Waals surface area contributed by atoms with E-state index in [0.29, 0.717) is 17.8 Å². The predicted molar refractivity (Wildman–Crippen MR) is 88.2 cm³/mol. The molecule has 0 spiro atoms. The van der Waals surface area contributed by atoms with Crippen molar-refractivity contribution in [2.75, 3.05) is 13.1 Å². The van der Waals surface area contributed by atoms with Gasteiger partial charge in [0.15, 0.2) is 11.6 Å². The third kappa shape index (κ3) is 3.74. The Bertz CT molecular complexity index is 713. The highest BCUT2D eigenvalue weighted by Gasteiger charge is 2.33. The van der Waals surface area contributed by atoms with Crippen LogP contribution in [-0.4, -0.2) is 23.2 Å². The highest BCUT2D eigenvalue weighted by atomic mass is 32.1. The predicted octanol–water partition coefficient (Wildman–Crippen LogP) is 3.27. The zero-order valence-corrected chi connectivity index (χ0v) is 14.3. The molecule has 2 aromatic rings. The van der Waals surface area contributed by atoms with Crippen molar-refractivity contribution >= 4 is 11.3 Å². The van der Waals surface area contributed by atoms with Gasteiger partial charge in [-0.15, -0.1) is 11.3 Å². The van der Waals surface area contributed by atoms with Crippen LogP contribution < -0.4 is 10.1 Å². The first-order chi connectivity index (χ1) is 11.5. The average Bonchev–Trinajstić information content (AvgIpc) is 2.78. The van der Waals surface area contributed by atoms with Gasteiger partial charge in [-0.25, -0.2) is 13.8 Å². The normalized spacial score (nSPS) is 21.5. The first-order valence-electron chi connectivity index (χ1n) is 7.96. The Balaban J connectivity index is 1.72. The molecule has 3 rings (SSSR count). The third-order valence-electron chi connectivity index (χ3n) is 4.21. The zero-order valence-electron chi connectivity index (χ0n) is 13.4. The molecule has 1 aliphatic rings. The number of nitrogens with zero attached hydrogens (tertiary/aromatic N) is 1. The number of aromatic nitrogens is 1. The van der Waals surface area contributed by atoms with Crippen molar-refractivity contribution in [2.45, 2.75) is 38.4 Å². The number of hydrogen-bond acceptors (Lipinski definition) is 5. The molecule has 1 aliphatic heterocycles. The van der Waals surface area contributed by atoms with Crippen LogP contribution in [0.1, 0.15) is 34.8 Å². The van der Waals surface area contributed by atoms with E-state index < -0.39 is 17.2 Å². The van der Waals surface area contributed by atoms with Crippen molar-refractivity contribution in [3.63, 3.8) is 0 Å². The highest BCUT2D eigenvalue weighted by Crippen LogP contribution is 2.35. The fourth-order valence-corrected chi connectivity index (χ4v) is 3.86. The molecule has 0 aliphatic carbocycles. The maximum absolute atomic E-state index is 13.2. The lowest BCUT2D eigenvalue weighted by Gasteiger charge is -2.23. The molecule has 0 bridgehead atoms. The summed E-state index contributed by atoms with van der Waals surface area (Å²) in [6.07, 6.45) is 2.20. The van der Waals surface area contributed by atoms with Crippen LogP contribution in [-0.2, 0) is 12.2 Å². The lowest BCUT2D eigenvalue weighted by Crippen LogP contribution is -2.27. The van der Waals surface area contributed by atoms with Crippen molar-refractivity contribution in [3.8, 4) is 5.75 Å². The number of rotatable bonds is 4. The van der Waals surface area contributed by atoms with E-state index in [4.69, 9.17) is 4.74 Å². The van der Waals surface area contributed by atoms with Crippen molar-refractivity contribution in [1.29, 1.82) is 0 Å². The van der Waals surface area contributed by atoms with Crippen molar-refractivity contribution in [1.82, 2.24) is 10.3 Å². The largest absolute Gasteiger partial charge is 0.488 e. The standard InChI is InChI=1S/C17H20F2N2O2S/c1-11-15(10-23-12-3-4-13(18)14(19)9-12)24-16(21-11)17(22)5-2-7-20-8-6-17/h3-4,9,20,22H,2,5-8,10H2,1H3/t17-/m1/s1. The van der Waals surface area contributed by atoms with Crippen molar-refractivity contribution in [2.24, 2.45) is 0 Å². The van der Waals surface area contributed by atoms with Gasteiger partial charge in [0.2, 0.25) is 0 Å². The summed E-state index contributed by atoms with van der Waals surface area (Å²) in [7, 11) is 0. The van der Waals surface area contributed by atoms with Crippen LogP contribution in [0.5, 0.6) is 5.75 Å². The van der Waals surface area contributed by atoms with Gasteiger partial charge in [0, 0.05) is 6.07 Å². The number of aliphatic hydroxyl groups is 1.